The van der Waals surface area contributed by atoms with Crippen LogP contribution in [0.4, 0.5) is 0 Å². The molecule has 0 spiro atoms. The van der Waals surface area contributed by atoms with E-state index in [0.717, 1.165) is 50.3 Å². The number of hydrogen-bond acceptors (Lipinski definition) is 3. The number of ether oxygens (including phenoxy) is 1. The Balaban J connectivity index is 1.56. The Morgan fingerprint density at radius 1 is 1.42 bits per heavy atom. The van der Waals surface area contributed by atoms with Gasteiger partial charge in [0.05, 0.1) is 11.8 Å². The summed E-state index contributed by atoms with van der Waals surface area (Å²) in [4.78, 5) is 14.1. The number of aryl methyl sites for hydroxylation is 1. The molecule has 1 aromatic heterocycles. The van der Waals surface area contributed by atoms with Crippen LogP contribution in [0.2, 0.25) is 0 Å². The van der Waals surface area contributed by atoms with Crippen molar-refractivity contribution < 1.29 is 4.74 Å². The van der Waals surface area contributed by atoms with Gasteiger partial charge in [0.2, 0.25) is 0 Å². The standard InChI is InChI=1S/C14H23N3O2/c1-16-13-10-17(8-6-12(13)14(18)15-16)7-5-11-4-2-3-9-19-11/h11H,2-10H2,1H3,(H,15,18). The highest BCUT2D eigenvalue weighted by atomic mass is 16.5. The van der Waals surface area contributed by atoms with Crippen LogP contribution in [0.1, 0.15) is 36.9 Å². The molecule has 1 unspecified atom stereocenters. The van der Waals surface area contributed by atoms with Crippen LogP contribution in [0.3, 0.4) is 0 Å². The van der Waals surface area contributed by atoms with Crippen LogP contribution in [0.15, 0.2) is 4.79 Å². The van der Waals surface area contributed by atoms with Gasteiger partial charge in [0.25, 0.3) is 5.56 Å². The molecule has 3 rings (SSSR count). The van der Waals surface area contributed by atoms with Gasteiger partial charge in [0.1, 0.15) is 0 Å². The Labute approximate surface area is 113 Å². The van der Waals surface area contributed by atoms with Gasteiger partial charge < -0.3 is 4.74 Å². The zero-order valence-electron chi connectivity index (χ0n) is 11.7. The number of nitrogens with one attached hydrogen (secondary N) is 1. The second-order valence-electron chi connectivity index (χ2n) is 5.73. The topological polar surface area (TPSA) is 50.3 Å². The molecule has 5 nitrogen and oxygen atoms in total. The highest BCUT2D eigenvalue weighted by Gasteiger charge is 2.23. The lowest BCUT2D eigenvalue weighted by Gasteiger charge is -2.29. The Kier molecular flexibility index (Phi) is 3.75. The number of fused-ring (bicyclic) bond motifs is 1. The Bertz CT molecular complexity index is 485. The summed E-state index contributed by atoms with van der Waals surface area (Å²) >= 11 is 0. The number of hydrogen-bond donors (Lipinski definition) is 1. The van der Waals surface area contributed by atoms with Gasteiger partial charge in [-0.15, -0.1) is 0 Å². The van der Waals surface area contributed by atoms with Crippen molar-refractivity contribution in [2.45, 2.75) is 44.8 Å². The molecule has 3 heterocycles. The maximum absolute atomic E-state index is 11.7. The molecule has 1 aromatic rings. The first-order chi connectivity index (χ1) is 9.24. The Morgan fingerprint density at radius 2 is 2.32 bits per heavy atom. The first-order valence-corrected chi connectivity index (χ1v) is 7.35. The van der Waals surface area contributed by atoms with Crippen molar-refractivity contribution in [2.75, 3.05) is 19.7 Å². The van der Waals surface area contributed by atoms with Gasteiger partial charge >= 0.3 is 0 Å². The molecule has 106 valence electrons. The fourth-order valence-electron chi connectivity index (χ4n) is 3.19. The van der Waals surface area contributed by atoms with Gasteiger partial charge in [0.15, 0.2) is 0 Å². The van der Waals surface area contributed by atoms with Gasteiger partial charge in [0, 0.05) is 38.9 Å². The molecule has 0 amide bonds. The maximum atomic E-state index is 11.7. The smallest absolute Gasteiger partial charge is 0.267 e. The van der Waals surface area contributed by atoms with E-state index in [1.165, 1.54) is 19.3 Å². The van der Waals surface area contributed by atoms with Gasteiger partial charge in [-0.1, -0.05) is 0 Å². The average Bonchev–Trinajstić information content (AvgIpc) is 2.73. The van der Waals surface area contributed by atoms with Crippen LogP contribution in [0.5, 0.6) is 0 Å². The Morgan fingerprint density at radius 3 is 3.11 bits per heavy atom. The van der Waals surface area contributed by atoms with E-state index < -0.39 is 0 Å². The molecule has 1 atom stereocenters. The third-order valence-corrected chi connectivity index (χ3v) is 4.39. The summed E-state index contributed by atoms with van der Waals surface area (Å²) in [6.45, 7) is 3.88. The van der Waals surface area contributed by atoms with E-state index in [9.17, 15) is 4.79 Å². The summed E-state index contributed by atoms with van der Waals surface area (Å²) in [5.74, 6) is 0. The third-order valence-electron chi connectivity index (χ3n) is 4.39. The van der Waals surface area contributed by atoms with Crippen molar-refractivity contribution in [3.63, 3.8) is 0 Å². The third kappa shape index (κ3) is 2.77. The van der Waals surface area contributed by atoms with Crippen LogP contribution in [0, 0.1) is 0 Å². The van der Waals surface area contributed by atoms with Crippen LogP contribution in [-0.4, -0.2) is 40.5 Å². The summed E-state index contributed by atoms with van der Waals surface area (Å²) in [6, 6.07) is 0. The predicted octanol–water partition coefficient (Wildman–Crippen LogP) is 1.03. The van der Waals surface area contributed by atoms with Crippen LogP contribution < -0.4 is 5.56 Å². The van der Waals surface area contributed by atoms with E-state index in [-0.39, 0.29) is 5.56 Å². The SMILES string of the molecule is Cn1[nH]c(=O)c2c1CN(CCC1CCCCO1)CC2. The lowest BCUT2D eigenvalue weighted by atomic mass is 10.0. The van der Waals surface area contributed by atoms with Crippen LogP contribution in [0.25, 0.3) is 0 Å². The Hall–Kier alpha value is -1.07. The first-order valence-electron chi connectivity index (χ1n) is 7.35. The first kappa shape index (κ1) is 12.9. The molecule has 0 bridgehead atoms. The highest BCUT2D eigenvalue weighted by molar-refractivity contribution is 5.20. The number of H-pyrrole nitrogens is 1. The summed E-state index contributed by atoms with van der Waals surface area (Å²) < 4.78 is 7.65. The van der Waals surface area contributed by atoms with Crippen LogP contribution in [-0.2, 0) is 24.8 Å². The van der Waals surface area contributed by atoms with Gasteiger partial charge in [-0.25, -0.2) is 0 Å². The lowest BCUT2D eigenvalue weighted by molar-refractivity contribution is 0.00464. The monoisotopic (exact) mass is 265 g/mol. The molecule has 0 radical (unpaired) electrons. The molecule has 1 fully saturated rings. The van der Waals surface area contributed by atoms with Crippen molar-refractivity contribution in [2.24, 2.45) is 7.05 Å². The van der Waals surface area contributed by atoms with Gasteiger partial charge in [-0.2, -0.15) is 0 Å². The highest BCUT2D eigenvalue weighted by Crippen LogP contribution is 2.19. The van der Waals surface area contributed by atoms with Gasteiger partial charge in [-0.05, 0) is 32.1 Å². The molecule has 0 aliphatic carbocycles. The van der Waals surface area contributed by atoms with E-state index in [1.54, 1.807) is 0 Å². The van der Waals surface area contributed by atoms with Crippen LogP contribution >= 0.6 is 0 Å². The molecule has 5 heteroatoms. The summed E-state index contributed by atoms with van der Waals surface area (Å²) in [6.07, 6.45) is 6.17. The van der Waals surface area contributed by atoms with E-state index in [4.69, 9.17) is 4.74 Å². The molecule has 1 N–H and O–H groups in total. The minimum absolute atomic E-state index is 0.0905. The van der Waals surface area contributed by atoms with Crippen molar-refractivity contribution in [1.82, 2.24) is 14.7 Å². The normalized spacial score (nSPS) is 24.4. The summed E-state index contributed by atoms with van der Waals surface area (Å²) in [7, 11) is 1.92. The molecule has 0 saturated carbocycles. The second kappa shape index (κ2) is 5.51. The number of aromatic amines is 1. The number of aromatic nitrogens is 2. The number of rotatable bonds is 3. The van der Waals surface area contributed by atoms with Crippen molar-refractivity contribution in [3.05, 3.63) is 21.6 Å². The van der Waals surface area contributed by atoms with E-state index >= 15 is 0 Å². The largest absolute Gasteiger partial charge is 0.378 e. The summed E-state index contributed by atoms with van der Waals surface area (Å²) in [5, 5.41) is 2.85. The zero-order valence-corrected chi connectivity index (χ0v) is 11.7. The fraction of sp³-hybridized carbons (Fsp3) is 0.786. The minimum atomic E-state index is 0.0905. The van der Waals surface area contributed by atoms with Crippen molar-refractivity contribution >= 4 is 0 Å². The zero-order chi connectivity index (χ0) is 13.2. The maximum Gasteiger partial charge on any atom is 0.267 e. The molecule has 2 aliphatic heterocycles. The quantitative estimate of drug-likeness (QED) is 0.888. The molecule has 2 aliphatic rings. The average molecular weight is 265 g/mol. The van der Waals surface area contributed by atoms with Crippen molar-refractivity contribution in [3.8, 4) is 0 Å². The fourth-order valence-corrected chi connectivity index (χ4v) is 3.19. The van der Waals surface area contributed by atoms with E-state index in [2.05, 4.69) is 10.00 Å². The molecule has 0 aromatic carbocycles. The lowest BCUT2D eigenvalue weighted by Crippen LogP contribution is -2.35. The molecular formula is C14H23N3O2. The summed E-state index contributed by atoms with van der Waals surface area (Å²) in [5.41, 5.74) is 2.22. The van der Waals surface area contributed by atoms with E-state index in [1.807, 2.05) is 11.7 Å². The molecular weight excluding hydrogens is 242 g/mol. The molecule has 1 saturated heterocycles. The van der Waals surface area contributed by atoms with E-state index in [0.29, 0.717) is 6.10 Å². The molecule has 19 heavy (non-hydrogen) atoms. The predicted molar refractivity (Wildman–Crippen MR) is 73.2 cm³/mol. The van der Waals surface area contributed by atoms with Gasteiger partial charge in [-0.3, -0.25) is 19.5 Å². The number of nitrogens with zero attached hydrogens (tertiary/aromatic N) is 2. The van der Waals surface area contributed by atoms with Crippen molar-refractivity contribution in [1.29, 1.82) is 0 Å². The minimum Gasteiger partial charge on any atom is -0.378 e. The second-order valence-corrected chi connectivity index (χ2v) is 5.73.